The van der Waals surface area contributed by atoms with E-state index in [0.717, 1.165) is 4.90 Å². The standard InChI is InChI=1S/C20H19ClN2O5/c1-20(14-7-3-2-4-8-14)18(25)23(19(26)22-20)13-17(24)28-12-11-27-16-10-6-5-9-15(16)21/h2-10H,11-13H2,1H3,(H,22,26)/t20-/m0/s1. The highest BCUT2D eigenvalue weighted by Crippen LogP contribution is 2.28. The summed E-state index contributed by atoms with van der Waals surface area (Å²) in [6, 6.07) is 15.1. The molecule has 0 bridgehead atoms. The zero-order chi connectivity index (χ0) is 20.1. The quantitative estimate of drug-likeness (QED) is 0.437. The van der Waals surface area contributed by atoms with Crippen molar-refractivity contribution in [2.45, 2.75) is 12.5 Å². The molecular weight excluding hydrogens is 384 g/mol. The van der Waals surface area contributed by atoms with Gasteiger partial charge in [0, 0.05) is 0 Å². The van der Waals surface area contributed by atoms with Crippen LogP contribution >= 0.6 is 11.6 Å². The number of esters is 1. The van der Waals surface area contributed by atoms with E-state index in [1.54, 1.807) is 55.5 Å². The number of halogens is 1. The Labute approximate surface area is 167 Å². The van der Waals surface area contributed by atoms with Crippen molar-refractivity contribution in [1.29, 1.82) is 0 Å². The molecule has 1 aliphatic heterocycles. The number of benzene rings is 2. The van der Waals surface area contributed by atoms with Gasteiger partial charge in [0.2, 0.25) is 0 Å². The van der Waals surface area contributed by atoms with Crippen LogP contribution in [-0.4, -0.2) is 42.6 Å². The summed E-state index contributed by atoms with van der Waals surface area (Å²) in [6.45, 7) is 1.19. The van der Waals surface area contributed by atoms with Crippen molar-refractivity contribution in [3.63, 3.8) is 0 Å². The number of amides is 3. The highest BCUT2D eigenvalue weighted by atomic mass is 35.5. The molecule has 3 amide bonds. The Hall–Kier alpha value is -3.06. The molecular formula is C20H19ClN2O5. The van der Waals surface area contributed by atoms with Crippen LogP contribution in [0.2, 0.25) is 5.02 Å². The molecule has 1 aliphatic rings. The number of nitrogens with one attached hydrogen (secondary N) is 1. The summed E-state index contributed by atoms with van der Waals surface area (Å²) >= 11 is 5.97. The van der Waals surface area contributed by atoms with Gasteiger partial charge in [-0.25, -0.2) is 4.79 Å². The van der Waals surface area contributed by atoms with E-state index in [1.165, 1.54) is 0 Å². The molecule has 0 saturated carbocycles. The fourth-order valence-electron chi connectivity index (χ4n) is 2.85. The maximum atomic E-state index is 12.7. The van der Waals surface area contributed by atoms with Crippen LogP contribution in [0.3, 0.4) is 0 Å². The van der Waals surface area contributed by atoms with Crippen molar-refractivity contribution in [1.82, 2.24) is 10.2 Å². The van der Waals surface area contributed by atoms with Crippen LogP contribution < -0.4 is 10.1 Å². The summed E-state index contributed by atoms with van der Waals surface area (Å²) in [5, 5.41) is 3.09. The van der Waals surface area contributed by atoms with Crippen molar-refractivity contribution in [3.8, 4) is 5.75 Å². The fourth-order valence-corrected chi connectivity index (χ4v) is 3.04. The number of rotatable bonds is 7. The van der Waals surface area contributed by atoms with Gasteiger partial charge in [0.25, 0.3) is 5.91 Å². The molecule has 0 unspecified atom stereocenters. The molecule has 1 heterocycles. The van der Waals surface area contributed by atoms with E-state index >= 15 is 0 Å². The van der Waals surface area contributed by atoms with E-state index < -0.39 is 30.0 Å². The molecule has 1 atom stereocenters. The van der Waals surface area contributed by atoms with E-state index in [1.807, 2.05) is 6.07 Å². The van der Waals surface area contributed by atoms with Crippen LogP contribution in [0.4, 0.5) is 4.79 Å². The van der Waals surface area contributed by atoms with Gasteiger partial charge in [-0.2, -0.15) is 0 Å². The van der Waals surface area contributed by atoms with Crippen LogP contribution in [-0.2, 0) is 19.9 Å². The van der Waals surface area contributed by atoms with E-state index in [9.17, 15) is 14.4 Å². The molecule has 8 heteroatoms. The molecule has 2 aromatic carbocycles. The van der Waals surface area contributed by atoms with E-state index in [2.05, 4.69) is 5.32 Å². The molecule has 1 N–H and O–H groups in total. The third-order valence-corrected chi connectivity index (χ3v) is 4.67. The Bertz CT molecular complexity index is 889. The second kappa shape index (κ2) is 8.31. The molecule has 0 aromatic heterocycles. The van der Waals surface area contributed by atoms with Crippen LogP contribution in [0.15, 0.2) is 54.6 Å². The SMILES string of the molecule is C[C@@]1(c2ccccc2)NC(=O)N(CC(=O)OCCOc2ccccc2Cl)C1=O. The smallest absolute Gasteiger partial charge is 0.326 e. The molecule has 28 heavy (non-hydrogen) atoms. The van der Waals surface area contributed by atoms with E-state index in [0.29, 0.717) is 16.3 Å². The molecule has 3 rings (SSSR count). The topological polar surface area (TPSA) is 84.9 Å². The summed E-state index contributed by atoms with van der Waals surface area (Å²) in [5.74, 6) is -0.732. The zero-order valence-electron chi connectivity index (χ0n) is 15.2. The minimum atomic E-state index is -1.22. The average molecular weight is 403 g/mol. The van der Waals surface area contributed by atoms with Crippen molar-refractivity contribution in [2.24, 2.45) is 0 Å². The van der Waals surface area contributed by atoms with E-state index in [4.69, 9.17) is 21.1 Å². The number of ether oxygens (including phenoxy) is 2. The molecule has 2 aromatic rings. The zero-order valence-corrected chi connectivity index (χ0v) is 15.9. The van der Waals surface area contributed by atoms with Gasteiger partial charge in [-0.15, -0.1) is 0 Å². The molecule has 1 saturated heterocycles. The number of imide groups is 1. The second-order valence-corrected chi connectivity index (χ2v) is 6.72. The third-order valence-electron chi connectivity index (χ3n) is 4.35. The van der Waals surface area contributed by atoms with Crippen LogP contribution in [0, 0.1) is 0 Å². The van der Waals surface area contributed by atoms with Gasteiger partial charge in [0.15, 0.2) is 0 Å². The number of carbonyl (C=O) groups excluding carboxylic acids is 3. The van der Waals surface area contributed by atoms with Gasteiger partial charge >= 0.3 is 12.0 Å². The lowest BCUT2D eigenvalue weighted by molar-refractivity contribution is -0.148. The lowest BCUT2D eigenvalue weighted by Crippen LogP contribution is -2.41. The maximum absolute atomic E-state index is 12.7. The molecule has 0 radical (unpaired) electrons. The van der Waals surface area contributed by atoms with Gasteiger partial charge in [-0.05, 0) is 24.6 Å². The van der Waals surface area contributed by atoms with Gasteiger partial charge in [-0.1, -0.05) is 54.1 Å². The van der Waals surface area contributed by atoms with Crippen LogP contribution in [0.25, 0.3) is 0 Å². The molecule has 0 aliphatic carbocycles. The maximum Gasteiger partial charge on any atom is 0.326 e. The number of para-hydroxylation sites is 1. The Balaban J connectivity index is 1.52. The summed E-state index contributed by atoms with van der Waals surface area (Å²) in [6.07, 6.45) is 0. The lowest BCUT2D eigenvalue weighted by atomic mass is 9.92. The van der Waals surface area contributed by atoms with Crippen molar-refractivity contribution in [3.05, 3.63) is 65.2 Å². The number of carbonyl (C=O) groups is 3. The largest absolute Gasteiger partial charge is 0.488 e. The first-order valence-electron chi connectivity index (χ1n) is 8.64. The predicted molar refractivity (Wildman–Crippen MR) is 102 cm³/mol. The van der Waals surface area contributed by atoms with Gasteiger partial charge in [0.05, 0.1) is 5.02 Å². The van der Waals surface area contributed by atoms with E-state index in [-0.39, 0.29) is 13.2 Å². The van der Waals surface area contributed by atoms with Gasteiger partial charge < -0.3 is 14.8 Å². The number of nitrogens with zero attached hydrogens (tertiary/aromatic N) is 1. The number of hydrogen-bond acceptors (Lipinski definition) is 5. The first-order valence-corrected chi connectivity index (χ1v) is 9.02. The summed E-state index contributed by atoms with van der Waals surface area (Å²) < 4.78 is 10.5. The molecule has 7 nitrogen and oxygen atoms in total. The van der Waals surface area contributed by atoms with Crippen molar-refractivity contribution in [2.75, 3.05) is 19.8 Å². The van der Waals surface area contributed by atoms with Gasteiger partial charge in [-0.3, -0.25) is 14.5 Å². The normalized spacial score (nSPS) is 18.7. The van der Waals surface area contributed by atoms with Crippen LogP contribution in [0.5, 0.6) is 5.75 Å². The Kier molecular flexibility index (Phi) is 5.84. The van der Waals surface area contributed by atoms with Gasteiger partial charge in [0.1, 0.15) is 31.0 Å². The number of hydrogen-bond donors (Lipinski definition) is 1. The fraction of sp³-hybridized carbons (Fsp3) is 0.250. The van der Waals surface area contributed by atoms with Crippen molar-refractivity contribution >= 4 is 29.5 Å². The number of urea groups is 1. The first kappa shape index (κ1) is 19.7. The Morgan fingerprint density at radius 2 is 1.75 bits per heavy atom. The predicted octanol–water partition coefficient (Wildman–Crippen LogP) is 2.73. The van der Waals surface area contributed by atoms with Crippen molar-refractivity contribution < 1.29 is 23.9 Å². The molecule has 146 valence electrons. The molecule has 1 fully saturated rings. The highest BCUT2D eigenvalue weighted by molar-refractivity contribution is 6.32. The summed E-state index contributed by atoms with van der Waals surface area (Å²) in [4.78, 5) is 37.8. The lowest BCUT2D eigenvalue weighted by Gasteiger charge is -2.21. The average Bonchev–Trinajstić information content (AvgIpc) is 2.91. The summed E-state index contributed by atoms with van der Waals surface area (Å²) in [5.41, 5.74) is -0.580. The summed E-state index contributed by atoms with van der Waals surface area (Å²) in [7, 11) is 0. The monoisotopic (exact) mass is 402 g/mol. The minimum Gasteiger partial charge on any atom is -0.488 e. The third kappa shape index (κ3) is 4.09. The second-order valence-electron chi connectivity index (χ2n) is 6.31. The Morgan fingerprint density at radius 3 is 2.46 bits per heavy atom. The minimum absolute atomic E-state index is 0.0380. The highest BCUT2D eigenvalue weighted by Gasteiger charge is 2.49. The Morgan fingerprint density at radius 1 is 1.07 bits per heavy atom. The van der Waals surface area contributed by atoms with Crippen LogP contribution in [0.1, 0.15) is 12.5 Å². The first-order chi connectivity index (χ1) is 13.4. The molecule has 0 spiro atoms.